The Morgan fingerprint density at radius 3 is 2.52 bits per heavy atom. The van der Waals surface area contributed by atoms with Gasteiger partial charge in [-0.05, 0) is 43.4 Å². The van der Waals surface area contributed by atoms with Gasteiger partial charge >= 0.3 is 12.0 Å². The van der Waals surface area contributed by atoms with Crippen LogP contribution < -0.4 is 16.4 Å². The number of nitrogens with one attached hydrogen (secondary N) is 2. The number of carbonyl (C=O) groups is 3. The van der Waals surface area contributed by atoms with E-state index in [0.717, 1.165) is 12.8 Å². The predicted octanol–water partition coefficient (Wildman–Crippen LogP) is 1.79. The van der Waals surface area contributed by atoms with Crippen LogP contribution in [0.15, 0.2) is 24.3 Å². The highest BCUT2D eigenvalue weighted by molar-refractivity contribution is 6.30. The summed E-state index contributed by atoms with van der Waals surface area (Å²) in [5.74, 6) is -1.12. The molecule has 3 amide bonds. The van der Waals surface area contributed by atoms with Crippen LogP contribution in [0.1, 0.15) is 37.8 Å². The maximum Gasteiger partial charge on any atom is 0.312 e. The molecule has 8 nitrogen and oxygen atoms in total. The second kappa shape index (κ2) is 8.73. The fourth-order valence-electron chi connectivity index (χ4n) is 2.70. The second-order valence-corrected chi connectivity index (χ2v) is 7.05. The molecule has 0 bridgehead atoms. The molecule has 1 aromatic carbocycles. The topological polar surface area (TPSA) is 134 Å². The Bertz CT molecular complexity index is 758. The van der Waals surface area contributed by atoms with Gasteiger partial charge in [0.1, 0.15) is 5.54 Å². The van der Waals surface area contributed by atoms with Crippen molar-refractivity contribution in [3.8, 4) is 6.07 Å². The van der Waals surface area contributed by atoms with Crippen molar-refractivity contribution in [2.24, 2.45) is 11.7 Å². The summed E-state index contributed by atoms with van der Waals surface area (Å²) >= 11 is 5.83. The van der Waals surface area contributed by atoms with Crippen LogP contribution >= 0.6 is 11.6 Å². The summed E-state index contributed by atoms with van der Waals surface area (Å²) in [6, 6.07) is 7.11. The molecule has 0 aromatic heterocycles. The highest BCUT2D eigenvalue weighted by Gasteiger charge is 2.43. The van der Waals surface area contributed by atoms with Crippen molar-refractivity contribution in [2.45, 2.75) is 37.8 Å². The summed E-state index contributed by atoms with van der Waals surface area (Å²) in [5, 5.41) is 14.8. The number of amides is 3. The van der Waals surface area contributed by atoms with Gasteiger partial charge in [0.25, 0.3) is 5.91 Å². The Morgan fingerprint density at radius 2 is 2.00 bits per heavy atom. The first-order valence-corrected chi connectivity index (χ1v) is 8.80. The van der Waals surface area contributed by atoms with Crippen LogP contribution in [-0.2, 0) is 14.3 Å². The summed E-state index contributed by atoms with van der Waals surface area (Å²) < 4.78 is 4.97. The predicted molar refractivity (Wildman–Crippen MR) is 97.4 cm³/mol. The van der Waals surface area contributed by atoms with Crippen molar-refractivity contribution in [2.75, 3.05) is 6.61 Å². The van der Waals surface area contributed by atoms with E-state index in [2.05, 4.69) is 16.7 Å². The Hall–Kier alpha value is -2.79. The first-order chi connectivity index (χ1) is 12.7. The van der Waals surface area contributed by atoms with E-state index < -0.39 is 36.1 Å². The van der Waals surface area contributed by atoms with Crippen LogP contribution in [0.4, 0.5) is 4.79 Å². The summed E-state index contributed by atoms with van der Waals surface area (Å²) in [7, 11) is 0. The molecule has 4 N–H and O–H groups in total. The van der Waals surface area contributed by atoms with E-state index in [1.807, 2.05) is 0 Å². The van der Waals surface area contributed by atoms with Gasteiger partial charge < -0.3 is 21.1 Å². The van der Waals surface area contributed by atoms with Crippen molar-refractivity contribution < 1.29 is 19.1 Å². The number of nitrogens with two attached hydrogens (primary N) is 1. The van der Waals surface area contributed by atoms with Gasteiger partial charge in [0.15, 0.2) is 6.61 Å². The number of halogens is 1. The van der Waals surface area contributed by atoms with E-state index in [1.54, 1.807) is 31.2 Å². The highest BCUT2D eigenvalue weighted by atomic mass is 35.5. The largest absolute Gasteiger partial charge is 0.456 e. The van der Waals surface area contributed by atoms with Gasteiger partial charge in [-0.3, -0.25) is 9.59 Å². The lowest BCUT2D eigenvalue weighted by molar-refractivity contribution is -0.149. The molecule has 1 aliphatic rings. The van der Waals surface area contributed by atoms with E-state index in [9.17, 15) is 19.6 Å². The van der Waals surface area contributed by atoms with E-state index in [-0.39, 0.29) is 12.3 Å². The maximum absolute atomic E-state index is 12.1. The Balaban J connectivity index is 1.89. The van der Waals surface area contributed by atoms with Crippen LogP contribution in [0.25, 0.3) is 0 Å². The first kappa shape index (κ1) is 20.5. The summed E-state index contributed by atoms with van der Waals surface area (Å²) in [4.78, 5) is 35.3. The lowest BCUT2D eigenvalue weighted by atomic mass is 9.98. The Labute approximate surface area is 162 Å². The highest BCUT2D eigenvalue weighted by Crippen LogP contribution is 2.39. The number of esters is 1. The molecule has 2 atom stereocenters. The molecule has 1 aromatic rings. The molecule has 0 unspecified atom stereocenters. The van der Waals surface area contributed by atoms with Gasteiger partial charge in [-0.15, -0.1) is 0 Å². The average molecular weight is 393 g/mol. The van der Waals surface area contributed by atoms with E-state index in [0.29, 0.717) is 10.6 Å². The molecule has 144 valence electrons. The van der Waals surface area contributed by atoms with Gasteiger partial charge in [0.05, 0.1) is 18.5 Å². The van der Waals surface area contributed by atoms with E-state index >= 15 is 0 Å². The van der Waals surface area contributed by atoms with Crippen molar-refractivity contribution in [1.82, 2.24) is 10.6 Å². The van der Waals surface area contributed by atoms with Gasteiger partial charge in [0, 0.05) is 5.02 Å². The molecular weight excluding hydrogens is 372 g/mol. The number of hydrogen-bond donors (Lipinski definition) is 3. The zero-order valence-electron chi connectivity index (χ0n) is 14.8. The third-order valence-electron chi connectivity index (χ3n) is 4.35. The monoisotopic (exact) mass is 392 g/mol. The molecule has 1 aliphatic carbocycles. The normalized spacial score (nSPS) is 16.3. The SMILES string of the molecule is C[C@@](C#N)(NC(=O)COC(=O)C[C@@H](NC(N)=O)c1ccc(Cl)cc1)C1CC1. The molecule has 0 spiro atoms. The van der Waals surface area contributed by atoms with Crippen LogP contribution in [0.2, 0.25) is 5.02 Å². The summed E-state index contributed by atoms with van der Waals surface area (Å²) in [6.45, 7) is 1.14. The molecule has 0 heterocycles. The average Bonchev–Trinajstić information content (AvgIpc) is 3.45. The summed E-state index contributed by atoms with van der Waals surface area (Å²) in [6.07, 6.45) is 1.55. The Morgan fingerprint density at radius 1 is 1.37 bits per heavy atom. The third-order valence-corrected chi connectivity index (χ3v) is 4.60. The van der Waals surface area contributed by atoms with Crippen LogP contribution in [0, 0.1) is 17.2 Å². The smallest absolute Gasteiger partial charge is 0.312 e. The minimum absolute atomic E-state index is 0.121. The lowest BCUT2D eigenvalue weighted by Gasteiger charge is -2.23. The summed E-state index contributed by atoms with van der Waals surface area (Å²) in [5.41, 5.74) is 4.82. The molecule has 0 aliphatic heterocycles. The van der Waals surface area contributed by atoms with Crippen LogP contribution in [0.3, 0.4) is 0 Å². The number of urea groups is 1. The number of rotatable bonds is 8. The second-order valence-electron chi connectivity index (χ2n) is 6.61. The third kappa shape index (κ3) is 6.15. The van der Waals surface area contributed by atoms with Gasteiger partial charge in [-0.25, -0.2) is 4.79 Å². The fraction of sp³-hybridized carbons (Fsp3) is 0.444. The minimum atomic E-state index is -0.955. The van der Waals surface area contributed by atoms with E-state index in [1.165, 1.54) is 0 Å². The van der Waals surface area contributed by atoms with Crippen LogP contribution in [0.5, 0.6) is 0 Å². The van der Waals surface area contributed by atoms with E-state index in [4.69, 9.17) is 22.1 Å². The molecule has 0 radical (unpaired) electrons. The number of hydrogen-bond acceptors (Lipinski definition) is 5. The molecule has 0 saturated heterocycles. The molecular formula is C18H21ClN4O4. The molecule has 27 heavy (non-hydrogen) atoms. The van der Waals surface area contributed by atoms with Crippen molar-refractivity contribution in [3.63, 3.8) is 0 Å². The lowest BCUT2D eigenvalue weighted by Crippen LogP contribution is -2.48. The van der Waals surface area contributed by atoms with Gasteiger partial charge in [-0.1, -0.05) is 23.7 Å². The first-order valence-electron chi connectivity index (χ1n) is 8.43. The molecule has 2 rings (SSSR count). The number of ether oxygens (including phenoxy) is 1. The van der Waals surface area contributed by atoms with Crippen molar-refractivity contribution >= 4 is 29.5 Å². The van der Waals surface area contributed by atoms with Crippen molar-refractivity contribution in [1.29, 1.82) is 5.26 Å². The van der Waals surface area contributed by atoms with Gasteiger partial charge in [0.2, 0.25) is 0 Å². The molecule has 9 heteroatoms. The number of nitrogens with zero attached hydrogens (tertiary/aromatic N) is 1. The quantitative estimate of drug-likeness (QED) is 0.580. The maximum atomic E-state index is 12.1. The number of nitriles is 1. The number of carbonyl (C=O) groups excluding carboxylic acids is 3. The standard InChI is InChI=1S/C18H21ClN4O4/c1-18(10-20,12-4-5-12)23-15(24)9-27-16(25)8-14(22-17(21)26)11-2-6-13(19)7-3-11/h2-3,6-7,12,14H,4-5,8-9H2,1H3,(H,23,24)(H3,21,22,26)/t14-,18+/m1/s1. The molecule has 1 saturated carbocycles. The van der Waals surface area contributed by atoms with Crippen molar-refractivity contribution in [3.05, 3.63) is 34.9 Å². The van der Waals surface area contributed by atoms with Crippen LogP contribution in [-0.4, -0.2) is 30.1 Å². The fourth-order valence-corrected chi connectivity index (χ4v) is 2.82. The number of benzene rings is 1. The number of primary amides is 1. The Kier molecular flexibility index (Phi) is 6.64. The minimum Gasteiger partial charge on any atom is -0.456 e. The molecule has 1 fully saturated rings. The zero-order valence-corrected chi connectivity index (χ0v) is 15.6. The zero-order chi connectivity index (χ0) is 20.0. The van der Waals surface area contributed by atoms with Gasteiger partial charge in [-0.2, -0.15) is 5.26 Å².